The molecule has 82 valence electrons. The minimum absolute atomic E-state index is 0. The van der Waals surface area contributed by atoms with E-state index in [4.69, 9.17) is 5.11 Å². The predicted octanol–water partition coefficient (Wildman–Crippen LogP) is 1.66. The van der Waals surface area contributed by atoms with E-state index in [1.807, 2.05) is 0 Å². The fourth-order valence-corrected chi connectivity index (χ4v) is 2.85. The van der Waals surface area contributed by atoms with Gasteiger partial charge in [-0.05, 0) is 38.1 Å². The third kappa shape index (κ3) is 2.20. The van der Waals surface area contributed by atoms with Gasteiger partial charge in [0.1, 0.15) is 0 Å². The van der Waals surface area contributed by atoms with Crippen LogP contribution in [0.25, 0.3) is 0 Å². The zero-order chi connectivity index (χ0) is 9.26. The normalized spacial score (nSPS) is 36.7. The van der Waals surface area contributed by atoms with Crippen molar-refractivity contribution in [1.82, 2.24) is 5.32 Å². The van der Waals surface area contributed by atoms with Gasteiger partial charge < -0.3 is 10.4 Å². The average molecular weight is 220 g/mol. The van der Waals surface area contributed by atoms with E-state index in [0.29, 0.717) is 12.0 Å². The third-order valence-electron chi connectivity index (χ3n) is 3.50. The highest BCUT2D eigenvalue weighted by Gasteiger charge is 2.38. The van der Waals surface area contributed by atoms with E-state index in [2.05, 4.69) is 5.32 Å². The highest BCUT2D eigenvalue weighted by atomic mass is 35.5. The number of fused-ring (bicyclic) bond motifs is 1. The zero-order valence-corrected chi connectivity index (χ0v) is 9.05. The van der Waals surface area contributed by atoms with Crippen LogP contribution in [0.15, 0.2) is 0 Å². The van der Waals surface area contributed by atoms with Crippen molar-refractivity contribution >= 4 is 18.4 Å². The van der Waals surface area contributed by atoms with Gasteiger partial charge in [-0.25, -0.2) is 0 Å². The standard InChI is InChI=1S/C10H17NO2.ClH/c12-10(13)8-3-1-5-9-7(8)4-2-6-11-9;/h7-9,11H,1-6H2,(H,12,13);1H/t7-,8+,9+;/m1./s1. The summed E-state index contributed by atoms with van der Waals surface area (Å²) in [4.78, 5) is 11.0. The van der Waals surface area contributed by atoms with Crippen LogP contribution in [0.4, 0.5) is 0 Å². The molecule has 0 spiro atoms. The summed E-state index contributed by atoms with van der Waals surface area (Å²) in [6, 6.07) is 0.489. The van der Waals surface area contributed by atoms with Crippen LogP contribution in [-0.2, 0) is 4.79 Å². The molecule has 2 fully saturated rings. The second-order valence-corrected chi connectivity index (χ2v) is 4.24. The van der Waals surface area contributed by atoms with Crippen LogP contribution in [0.5, 0.6) is 0 Å². The summed E-state index contributed by atoms with van der Waals surface area (Å²) in [5.41, 5.74) is 0. The van der Waals surface area contributed by atoms with Crippen molar-refractivity contribution in [3.63, 3.8) is 0 Å². The first-order valence-electron chi connectivity index (χ1n) is 5.25. The van der Waals surface area contributed by atoms with Crippen molar-refractivity contribution in [2.45, 2.75) is 38.1 Å². The Labute approximate surface area is 90.7 Å². The molecule has 2 rings (SSSR count). The van der Waals surface area contributed by atoms with Crippen LogP contribution in [0, 0.1) is 11.8 Å². The van der Waals surface area contributed by atoms with Gasteiger partial charge in [-0.15, -0.1) is 12.4 Å². The predicted molar refractivity (Wildman–Crippen MR) is 56.7 cm³/mol. The van der Waals surface area contributed by atoms with E-state index in [-0.39, 0.29) is 18.3 Å². The topological polar surface area (TPSA) is 49.3 Å². The summed E-state index contributed by atoms with van der Waals surface area (Å²) in [5, 5.41) is 12.5. The molecule has 1 saturated heterocycles. The van der Waals surface area contributed by atoms with Crippen molar-refractivity contribution in [2.75, 3.05) is 6.54 Å². The van der Waals surface area contributed by atoms with E-state index < -0.39 is 5.97 Å². The molecule has 3 nitrogen and oxygen atoms in total. The molecule has 0 radical (unpaired) electrons. The van der Waals surface area contributed by atoms with Gasteiger partial charge in [0.2, 0.25) is 0 Å². The number of nitrogens with one attached hydrogen (secondary N) is 1. The Bertz CT molecular complexity index is 208. The number of piperidine rings is 1. The lowest BCUT2D eigenvalue weighted by Crippen LogP contribution is -2.48. The van der Waals surface area contributed by atoms with Crippen molar-refractivity contribution in [1.29, 1.82) is 0 Å². The van der Waals surface area contributed by atoms with Crippen molar-refractivity contribution in [3.8, 4) is 0 Å². The van der Waals surface area contributed by atoms with Crippen molar-refractivity contribution < 1.29 is 9.90 Å². The monoisotopic (exact) mass is 219 g/mol. The summed E-state index contributed by atoms with van der Waals surface area (Å²) in [7, 11) is 0. The maximum Gasteiger partial charge on any atom is 0.306 e. The first kappa shape index (κ1) is 11.8. The Kier molecular flexibility index (Phi) is 4.20. The van der Waals surface area contributed by atoms with Crippen LogP contribution < -0.4 is 5.32 Å². The highest BCUT2D eigenvalue weighted by molar-refractivity contribution is 5.85. The molecular formula is C10H18ClNO2. The maximum atomic E-state index is 11.0. The van der Waals surface area contributed by atoms with Crippen LogP contribution in [-0.4, -0.2) is 23.7 Å². The summed E-state index contributed by atoms with van der Waals surface area (Å²) in [6.45, 7) is 1.08. The Balaban J connectivity index is 0.000000980. The molecule has 4 heteroatoms. The summed E-state index contributed by atoms with van der Waals surface area (Å²) < 4.78 is 0. The molecular weight excluding hydrogens is 202 g/mol. The SMILES string of the molecule is Cl.O=C(O)[C@H]1CCC[C@@H]2NCCC[C@@H]21. The zero-order valence-electron chi connectivity index (χ0n) is 8.24. The Morgan fingerprint density at radius 1 is 1.21 bits per heavy atom. The molecule has 0 amide bonds. The summed E-state index contributed by atoms with van der Waals surface area (Å²) in [6.07, 6.45) is 5.39. The van der Waals surface area contributed by atoms with Gasteiger partial charge in [0.25, 0.3) is 0 Å². The first-order chi connectivity index (χ1) is 6.29. The molecule has 1 aliphatic heterocycles. The maximum absolute atomic E-state index is 11.0. The van der Waals surface area contributed by atoms with E-state index in [0.717, 1.165) is 32.2 Å². The molecule has 1 aliphatic carbocycles. The fourth-order valence-electron chi connectivity index (χ4n) is 2.85. The fraction of sp³-hybridized carbons (Fsp3) is 0.900. The Hall–Kier alpha value is -0.280. The molecule has 2 aliphatic rings. The molecule has 0 aromatic rings. The number of aliphatic carboxylic acids is 1. The van der Waals surface area contributed by atoms with Gasteiger partial charge in [0.05, 0.1) is 5.92 Å². The molecule has 0 unspecified atom stereocenters. The van der Waals surface area contributed by atoms with E-state index in [1.54, 1.807) is 0 Å². The summed E-state index contributed by atoms with van der Waals surface area (Å²) >= 11 is 0. The number of rotatable bonds is 1. The lowest BCUT2D eigenvalue weighted by molar-refractivity contribution is -0.146. The van der Waals surface area contributed by atoms with Gasteiger partial charge in [-0.1, -0.05) is 6.42 Å². The number of hydrogen-bond donors (Lipinski definition) is 2. The Morgan fingerprint density at radius 3 is 2.71 bits per heavy atom. The number of carboxylic acids is 1. The van der Waals surface area contributed by atoms with Crippen molar-refractivity contribution in [2.24, 2.45) is 11.8 Å². The molecule has 2 N–H and O–H groups in total. The third-order valence-corrected chi connectivity index (χ3v) is 3.50. The minimum Gasteiger partial charge on any atom is -0.481 e. The van der Waals surface area contributed by atoms with Crippen LogP contribution in [0.1, 0.15) is 32.1 Å². The van der Waals surface area contributed by atoms with Crippen LogP contribution >= 0.6 is 12.4 Å². The highest BCUT2D eigenvalue weighted by Crippen LogP contribution is 2.35. The molecule has 0 aromatic heterocycles. The lowest BCUT2D eigenvalue weighted by Gasteiger charge is -2.40. The molecule has 0 aromatic carbocycles. The lowest BCUT2D eigenvalue weighted by atomic mass is 9.72. The molecule has 1 heterocycles. The smallest absolute Gasteiger partial charge is 0.306 e. The van der Waals surface area contributed by atoms with Crippen molar-refractivity contribution in [3.05, 3.63) is 0 Å². The van der Waals surface area contributed by atoms with Gasteiger partial charge in [0.15, 0.2) is 0 Å². The Morgan fingerprint density at radius 2 is 2.00 bits per heavy atom. The molecule has 3 atom stereocenters. The number of carbonyl (C=O) groups is 1. The van der Waals surface area contributed by atoms with Gasteiger partial charge in [0, 0.05) is 6.04 Å². The number of hydrogen-bond acceptors (Lipinski definition) is 2. The first-order valence-corrected chi connectivity index (χ1v) is 5.25. The van der Waals surface area contributed by atoms with Gasteiger partial charge >= 0.3 is 5.97 Å². The van der Waals surface area contributed by atoms with Gasteiger partial charge in [-0.2, -0.15) is 0 Å². The van der Waals surface area contributed by atoms with Gasteiger partial charge in [-0.3, -0.25) is 4.79 Å². The molecule has 0 bridgehead atoms. The summed E-state index contributed by atoms with van der Waals surface area (Å²) in [5.74, 6) is -0.259. The second kappa shape index (κ2) is 4.99. The number of carboxylic acid groups (broad SMARTS) is 1. The largest absolute Gasteiger partial charge is 0.481 e. The second-order valence-electron chi connectivity index (χ2n) is 4.24. The van der Waals surface area contributed by atoms with Crippen LogP contribution in [0.3, 0.4) is 0 Å². The van der Waals surface area contributed by atoms with E-state index >= 15 is 0 Å². The van der Waals surface area contributed by atoms with E-state index in [1.165, 1.54) is 6.42 Å². The van der Waals surface area contributed by atoms with Crippen LogP contribution in [0.2, 0.25) is 0 Å². The number of halogens is 1. The quantitative estimate of drug-likeness (QED) is 0.705. The minimum atomic E-state index is -0.585. The molecule has 14 heavy (non-hydrogen) atoms. The van der Waals surface area contributed by atoms with E-state index in [9.17, 15) is 4.79 Å². The molecule has 1 saturated carbocycles. The average Bonchev–Trinajstić information content (AvgIpc) is 2.17.